The Morgan fingerprint density at radius 2 is 1.80 bits per heavy atom. The van der Waals surface area contributed by atoms with E-state index < -0.39 is 0 Å². The summed E-state index contributed by atoms with van der Waals surface area (Å²) in [6.45, 7) is 5.76. The van der Waals surface area contributed by atoms with Crippen LogP contribution in [-0.2, 0) is 9.47 Å². The van der Waals surface area contributed by atoms with Gasteiger partial charge in [0.25, 0.3) is 0 Å². The third-order valence-electron chi connectivity index (χ3n) is 3.65. The standard InChI is InChI=1S/C14H24N4O2/c1-9(2)14-16-12(15-3)6-13(17-14)18-7-10(19-4)11(8-18)20-5/h6,9-11H,7-8H2,1-5H3,(H,15,16,17). The van der Waals surface area contributed by atoms with Crippen LogP contribution < -0.4 is 10.2 Å². The van der Waals surface area contributed by atoms with Crippen molar-refractivity contribution in [3.63, 3.8) is 0 Å². The lowest BCUT2D eigenvalue weighted by Gasteiger charge is -2.19. The molecule has 2 rings (SSSR count). The number of ether oxygens (including phenoxy) is 2. The molecule has 20 heavy (non-hydrogen) atoms. The van der Waals surface area contributed by atoms with Gasteiger partial charge in [-0.15, -0.1) is 0 Å². The Kier molecular flexibility index (Phi) is 4.77. The van der Waals surface area contributed by atoms with Crippen LogP contribution in [0.4, 0.5) is 11.6 Å². The normalized spacial score (nSPS) is 22.6. The fraction of sp³-hybridized carbons (Fsp3) is 0.714. The predicted molar refractivity (Wildman–Crippen MR) is 79.5 cm³/mol. The highest BCUT2D eigenvalue weighted by Gasteiger charge is 2.34. The van der Waals surface area contributed by atoms with Gasteiger partial charge in [0.05, 0.1) is 0 Å². The fourth-order valence-corrected chi connectivity index (χ4v) is 2.38. The third-order valence-corrected chi connectivity index (χ3v) is 3.65. The SMILES string of the molecule is CNc1cc(N2CC(OC)C(OC)C2)nc(C(C)C)n1. The molecule has 0 amide bonds. The zero-order valence-electron chi connectivity index (χ0n) is 12.9. The van der Waals surface area contributed by atoms with E-state index >= 15 is 0 Å². The van der Waals surface area contributed by atoms with Gasteiger partial charge in [-0.3, -0.25) is 0 Å². The van der Waals surface area contributed by atoms with E-state index in [1.54, 1.807) is 14.2 Å². The fourth-order valence-electron chi connectivity index (χ4n) is 2.38. The van der Waals surface area contributed by atoms with Gasteiger partial charge in [0, 0.05) is 46.3 Å². The van der Waals surface area contributed by atoms with Crippen molar-refractivity contribution in [2.75, 3.05) is 44.6 Å². The number of rotatable bonds is 5. The molecule has 2 unspecified atom stereocenters. The molecular formula is C14H24N4O2. The minimum absolute atomic E-state index is 0.0792. The van der Waals surface area contributed by atoms with Gasteiger partial charge in [-0.2, -0.15) is 0 Å². The van der Waals surface area contributed by atoms with Crippen molar-refractivity contribution in [1.82, 2.24) is 9.97 Å². The summed E-state index contributed by atoms with van der Waals surface area (Å²) in [7, 11) is 5.31. The van der Waals surface area contributed by atoms with Gasteiger partial charge in [-0.05, 0) is 0 Å². The van der Waals surface area contributed by atoms with Crippen LogP contribution in [0.25, 0.3) is 0 Å². The van der Waals surface area contributed by atoms with Crippen molar-refractivity contribution in [2.45, 2.75) is 32.0 Å². The highest BCUT2D eigenvalue weighted by Crippen LogP contribution is 2.25. The quantitative estimate of drug-likeness (QED) is 0.882. The summed E-state index contributed by atoms with van der Waals surface area (Å²) >= 11 is 0. The Hall–Kier alpha value is -1.40. The van der Waals surface area contributed by atoms with Crippen LogP contribution in [0.15, 0.2) is 6.07 Å². The van der Waals surface area contributed by atoms with Gasteiger partial charge in [0.2, 0.25) is 0 Å². The molecule has 1 aliphatic rings. The summed E-state index contributed by atoms with van der Waals surface area (Å²) in [5.74, 6) is 2.91. The minimum atomic E-state index is 0.0792. The number of hydrogen-bond acceptors (Lipinski definition) is 6. The molecule has 6 nitrogen and oxygen atoms in total. The van der Waals surface area contributed by atoms with E-state index in [9.17, 15) is 0 Å². The molecule has 6 heteroatoms. The molecule has 0 aliphatic carbocycles. The highest BCUT2D eigenvalue weighted by atomic mass is 16.5. The average molecular weight is 280 g/mol. The van der Waals surface area contributed by atoms with Crippen LogP contribution in [0.2, 0.25) is 0 Å². The van der Waals surface area contributed by atoms with Gasteiger partial charge in [-0.25, -0.2) is 9.97 Å². The Balaban J connectivity index is 2.26. The molecule has 0 spiro atoms. The summed E-state index contributed by atoms with van der Waals surface area (Å²) in [5.41, 5.74) is 0. The number of methoxy groups -OCH3 is 2. The molecule has 1 fully saturated rings. The van der Waals surface area contributed by atoms with E-state index in [1.807, 2.05) is 13.1 Å². The molecule has 0 aromatic carbocycles. The first-order chi connectivity index (χ1) is 9.58. The molecule has 2 atom stereocenters. The molecular weight excluding hydrogens is 256 g/mol. The van der Waals surface area contributed by atoms with E-state index in [0.717, 1.165) is 30.5 Å². The van der Waals surface area contributed by atoms with Crippen LogP contribution in [0.1, 0.15) is 25.6 Å². The Labute approximate surface area is 120 Å². The molecule has 0 radical (unpaired) electrons. The summed E-state index contributed by atoms with van der Waals surface area (Å²) < 4.78 is 10.9. The van der Waals surface area contributed by atoms with Crippen molar-refractivity contribution in [1.29, 1.82) is 0 Å². The molecule has 0 bridgehead atoms. The minimum Gasteiger partial charge on any atom is -0.377 e. The topological polar surface area (TPSA) is 59.5 Å². The first-order valence-corrected chi connectivity index (χ1v) is 6.96. The van der Waals surface area contributed by atoms with Crippen molar-refractivity contribution < 1.29 is 9.47 Å². The van der Waals surface area contributed by atoms with Crippen molar-refractivity contribution >= 4 is 11.6 Å². The molecule has 1 aliphatic heterocycles. The highest BCUT2D eigenvalue weighted by molar-refractivity contribution is 5.50. The van der Waals surface area contributed by atoms with E-state index in [4.69, 9.17) is 9.47 Å². The number of anilines is 2. The smallest absolute Gasteiger partial charge is 0.135 e. The number of nitrogens with zero attached hydrogens (tertiary/aromatic N) is 3. The monoisotopic (exact) mass is 280 g/mol. The zero-order chi connectivity index (χ0) is 14.7. The van der Waals surface area contributed by atoms with Crippen LogP contribution in [-0.4, -0.2) is 56.5 Å². The zero-order valence-corrected chi connectivity index (χ0v) is 12.9. The molecule has 1 saturated heterocycles. The van der Waals surface area contributed by atoms with Gasteiger partial charge < -0.3 is 19.7 Å². The van der Waals surface area contributed by atoms with E-state index in [1.165, 1.54) is 0 Å². The lowest BCUT2D eigenvalue weighted by molar-refractivity contribution is -0.00461. The molecule has 1 N–H and O–H groups in total. The lowest BCUT2D eigenvalue weighted by atomic mass is 10.2. The van der Waals surface area contributed by atoms with E-state index in [-0.39, 0.29) is 12.2 Å². The lowest BCUT2D eigenvalue weighted by Crippen LogP contribution is -2.27. The average Bonchev–Trinajstić information content (AvgIpc) is 2.89. The van der Waals surface area contributed by atoms with Gasteiger partial charge >= 0.3 is 0 Å². The van der Waals surface area contributed by atoms with Crippen LogP contribution in [0.3, 0.4) is 0 Å². The maximum absolute atomic E-state index is 5.47. The molecule has 112 valence electrons. The van der Waals surface area contributed by atoms with Crippen LogP contribution in [0.5, 0.6) is 0 Å². The molecule has 0 saturated carbocycles. The maximum Gasteiger partial charge on any atom is 0.135 e. The third kappa shape index (κ3) is 3.02. The van der Waals surface area contributed by atoms with Crippen molar-refractivity contribution in [3.8, 4) is 0 Å². The summed E-state index contributed by atoms with van der Waals surface area (Å²) in [5, 5.41) is 3.10. The molecule has 1 aromatic rings. The first kappa shape index (κ1) is 15.0. The van der Waals surface area contributed by atoms with Crippen LogP contribution >= 0.6 is 0 Å². The summed E-state index contributed by atoms with van der Waals surface area (Å²) in [6, 6.07) is 1.97. The molecule has 2 heterocycles. The Morgan fingerprint density at radius 3 is 2.25 bits per heavy atom. The van der Waals surface area contributed by atoms with Crippen molar-refractivity contribution in [3.05, 3.63) is 11.9 Å². The van der Waals surface area contributed by atoms with E-state index in [0.29, 0.717) is 5.92 Å². The Morgan fingerprint density at radius 1 is 1.20 bits per heavy atom. The second-order valence-corrected chi connectivity index (χ2v) is 5.33. The van der Waals surface area contributed by atoms with Crippen LogP contribution in [0, 0.1) is 0 Å². The van der Waals surface area contributed by atoms with Gasteiger partial charge in [0.1, 0.15) is 29.7 Å². The number of hydrogen-bond donors (Lipinski definition) is 1. The van der Waals surface area contributed by atoms with Crippen molar-refractivity contribution in [2.24, 2.45) is 0 Å². The van der Waals surface area contributed by atoms with Gasteiger partial charge in [0.15, 0.2) is 0 Å². The largest absolute Gasteiger partial charge is 0.377 e. The summed E-state index contributed by atoms with van der Waals surface area (Å²) in [4.78, 5) is 11.3. The number of nitrogens with one attached hydrogen (secondary N) is 1. The summed E-state index contributed by atoms with van der Waals surface area (Å²) in [6.07, 6.45) is 0.158. The second-order valence-electron chi connectivity index (χ2n) is 5.33. The Bertz CT molecular complexity index is 441. The van der Waals surface area contributed by atoms with Gasteiger partial charge in [-0.1, -0.05) is 13.8 Å². The van der Waals surface area contributed by atoms with E-state index in [2.05, 4.69) is 34.0 Å². The maximum atomic E-state index is 5.47. The predicted octanol–water partition coefficient (Wildman–Crippen LogP) is 1.49. The second kappa shape index (κ2) is 6.37. The first-order valence-electron chi connectivity index (χ1n) is 6.96. The number of aromatic nitrogens is 2. The molecule has 1 aromatic heterocycles.